The van der Waals surface area contributed by atoms with Crippen LogP contribution in [0.2, 0.25) is 0 Å². The van der Waals surface area contributed by atoms with E-state index in [1.807, 2.05) is 5.01 Å². The van der Waals surface area contributed by atoms with Gasteiger partial charge < -0.3 is 10.2 Å². The summed E-state index contributed by atoms with van der Waals surface area (Å²) in [5.41, 5.74) is 3.46. The maximum atomic E-state index is 12.3. The highest BCUT2D eigenvalue weighted by Crippen LogP contribution is 2.17. The van der Waals surface area contributed by atoms with Crippen LogP contribution in [0, 0.1) is 0 Å². The number of hydrogen-bond donors (Lipinski definition) is 2. The second kappa shape index (κ2) is 6.31. The number of nitrogens with zero attached hydrogens (tertiary/aromatic N) is 3. The van der Waals surface area contributed by atoms with Gasteiger partial charge in [-0.15, -0.1) is 0 Å². The Bertz CT molecular complexity index is 459. The van der Waals surface area contributed by atoms with Crippen LogP contribution in [-0.2, 0) is 0 Å². The van der Waals surface area contributed by atoms with E-state index < -0.39 is 0 Å². The van der Waals surface area contributed by atoms with Gasteiger partial charge in [-0.05, 0) is 29.0 Å². The molecule has 1 aliphatic rings. The number of rotatable bonds is 3. The zero-order valence-corrected chi connectivity index (χ0v) is 12.7. The molecule has 1 saturated heterocycles. The topological polar surface area (TPSA) is 60.5 Å². The van der Waals surface area contributed by atoms with Crippen molar-refractivity contribution in [1.82, 2.24) is 20.3 Å². The number of halogens is 1. The lowest BCUT2D eigenvalue weighted by Crippen LogP contribution is -2.52. The summed E-state index contributed by atoms with van der Waals surface area (Å²) in [6, 6.07) is 1.77. The first-order valence-corrected chi connectivity index (χ1v) is 6.97. The van der Waals surface area contributed by atoms with Gasteiger partial charge in [-0.1, -0.05) is 0 Å². The van der Waals surface area contributed by atoms with Gasteiger partial charge in [-0.3, -0.25) is 10.2 Å². The lowest BCUT2D eigenvalue weighted by Gasteiger charge is -2.32. The molecule has 1 aromatic rings. The number of carbonyl (C=O) groups is 1. The van der Waals surface area contributed by atoms with Gasteiger partial charge in [0, 0.05) is 43.9 Å². The van der Waals surface area contributed by atoms with E-state index in [1.54, 1.807) is 19.3 Å². The number of carbonyl (C=O) groups excluding carboxylic acids is 1. The van der Waals surface area contributed by atoms with Gasteiger partial charge in [0.2, 0.25) is 0 Å². The Morgan fingerprint density at radius 1 is 1.37 bits per heavy atom. The highest BCUT2D eigenvalue weighted by Gasteiger charge is 2.18. The molecule has 1 aromatic heterocycles. The first-order chi connectivity index (χ1) is 9.10. The van der Waals surface area contributed by atoms with Crippen LogP contribution in [0.3, 0.4) is 0 Å². The van der Waals surface area contributed by atoms with Crippen molar-refractivity contribution in [3.8, 4) is 0 Å². The monoisotopic (exact) mass is 327 g/mol. The largest absolute Gasteiger partial charge is 0.372 e. The molecule has 104 valence electrons. The molecule has 0 unspecified atom stereocenters. The molecule has 19 heavy (non-hydrogen) atoms. The maximum absolute atomic E-state index is 12.3. The Morgan fingerprint density at radius 2 is 2.05 bits per heavy atom. The van der Waals surface area contributed by atoms with Crippen LogP contribution in [0.4, 0.5) is 5.82 Å². The van der Waals surface area contributed by atoms with Gasteiger partial charge in [-0.25, -0.2) is 9.99 Å². The van der Waals surface area contributed by atoms with E-state index in [0.717, 1.165) is 30.7 Å². The Morgan fingerprint density at radius 3 is 2.68 bits per heavy atom. The summed E-state index contributed by atoms with van der Waals surface area (Å²) in [5.74, 6) is 0.442. The molecule has 0 aliphatic carbocycles. The Kier molecular flexibility index (Phi) is 4.73. The Labute approximate surface area is 121 Å². The number of amides is 1. The molecule has 1 aliphatic heterocycles. The van der Waals surface area contributed by atoms with Crippen molar-refractivity contribution in [3.05, 3.63) is 22.3 Å². The minimum absolute atomic E-state index is 0.136. The van der Waals surface area contributed by atoms with E-state index in [4.69, 9.17) is 0 Å². The van der Waals surface area contributed by atoms with E-state index in [-0.39, 0.29) is 5.91 Å². The van der Waals surface area contributed by atoms with Gasteiger partial charge in [0.25, 0.3) is 5.91 Å². The predicted octanol–water partition coefficient (Wildman–Crippen LogP) is 0.778. The minimum atomic E-state index is -0.136. The van der Waals surface area contributed by atoms with Crippen molar-refractivity contribution >= 4 is 27.7 Å². The first-order valence-electron chi connectivity index (χ1n) is 6.18. The van der Waals surface area contributed by atoms with Crippen molar-refractivity contribution < 1.29 is 4.79 Å². The average Bonchev–Trinajstić information content (AvgIpc) is 2.41. The fraction of sp³-hybridized carbons (Fsp3) is 0.500. The van der Waals surface area contributed by atoms with Gasteiger partial charge in [0.05, 0.1) is 5.56 Å². The summed E-state index contributed by atoms with van der Waals surface area (Å²) in [4.78, 5) is 18.7. The molecule has 1 amide bonds. The molecule has 2 rings (SSSR count). The first kappa shape index (κ1) is 14.2. The Hall–Kier alpha value is -1.18. The summed E-state index contributed by atoms with van der Waals surface area (Å²) >= 11 is 3.34. The summed E-state index contributed by atoms with van der Waals surface area (Å²) in [6.45, 7) is 3.57. The van der Waals surface area contributed by atoms with Crippen molar-refractivity contribution in [2.75, 3.05) is 45.6 Å². The number of likely N-dealkylation sites (N-methyl/N-ethyl adjacent to an activating group) is 1. The van der Waals surface area contributed by atoms with E-state index in [1.165, 1.54) is 0 Å². The number of hydrogen-bond acceptors (Lipinski definition) is 5. The summed E-state index contributed by atoms with van der Waals surface area (Å²) in [7, 11) is 3.83. The van der Waals surface area contributed by atoms with Crippen LogP contribution in [-0.4, -0.2) is 61.1 Å². The molecule has 0 bridgehead atoms. The average molecular weight is 328 g/mol. The van der Waals surface area contributed by atoms with E-state index in [9.17, 15) is 4.79 Å². The van der Waals surface area contributed by atoms with Crippen LogP contribution in [0.5, 0.6) is 0 Å². The summed E-state index contributed by atoms with van der Waals surface area (Å²) in [6.07, 6.45) is 1.67. The quantitative estimate of drug-likeness (QED) is 0.859. The lowest BCUT2D eigenvalue weighted by molar-refractivity contribution is 0.0663. The van der Waals surface area contributed by atoms with E-state index >= 15 is 0 Å². The zero-order valence-electron chi connectivity index (χ0n) is 11.1. The number of pyridine rings is 1. The van der Waals surface area contributed by atoms with Crippen LogP contribution < -0.4 is 10.7 Å². The van der Waals surface area contributed by atoms with Crippen LogP contribution in [0.25, 0.3) is 0 Å². The van der Waals surface area contributed by atoms with Crippen molar-refractivity contribution in [2.24, 2.45) is 0 Å². The fourth-order valence-corrected chi connectivity index (χ4v) is 2.26. The Balaban J connectivity index is 2.05. The molecule has 2 N–H and O–H groups in total. The molecule has 6 nitrogen and oxygen atoms in total. The zero-order chi connectivity index (χ0) is 13.8. The third-order valence-electron chi connectivity index (χ3n) is 3.10. The molecule has 0 aromatic carbocycles. The van der Waals surface area contributed by atoms with Crippen LogP contribution in [0.1, 0.15) is 10.4 Å². The normalized spacial score (nSPS) is 17.2. The van der Waals surface area contributed by atoms with Crippen molar-refractivity contribution in [1.29, 1.82) is 0 Å². The number of nitrogens with one attached hydrogen (secondary N) is 2. The SMILES string of the molecule is CNc1ncc(Br)cc1C(=O)NN1CCN(C)CC1. The smallest absolute Gasteiger partial charge is 0.269 e. The minimum Gasteiger partial charge on any atom is -0.372 e. The summed E-state index contributed by atoms with van der Waals surface area (Å²) in [5, 5.41) is 4.88. The molecule has 2 heterocycles. The van der Waals surface area contributed by atoms with Gasteiger partial charge in [0.1, 0.15) is 5.82 Å². The second-order valence-corrected chi connectivity index (χ2v) is 5.45. The third kappa shape index (κ3) is 3.65. The van der Waals surface area contributed by atoms with Gasteiger partial charge >= 0.3 is 0 Å². The third-order valence-corrected chi connectivity index (χ3v) is 3.53. The van der Waals surface area contributed by atoms with E-state index in [0.29, 0.717) is 11.4 Å². The maximum Gasteiger partial charge on any atom is 0.269 e. The molecule has 7 heteroatoms. The van der Waals surface area contributed by atoms with Crippen LogP contribution >= 0.6 is 15.9 Å². The number of aromatic nitrogens is 1. The van der Waals surface area contributed by atoms with E-state index in [2.05, 4.69) is 43.6 Å². The molecule has 0 spiro atoms. The highest BCUT2D eigenvalue weighted by atomic mass is 79.9. The highest BCUT2D eigenvalue weighted by molar-refractivity contribution is 9.10. The number of piperazine rings is 1. The standard InChI is InChI=1S/C12H18BrN5O/c1-14-11-10(7-9(13)8-15-11)12(19)16-18-5-3-17(2)4-6-18/h7-8H,3-6H2,1-2H3,(H,14,15)(H,16,19). The molecule has 0 atom stereocenters. The van der Waals surface area contributed by atoms with Crippen molar-refractivity contribution in [3.63, 3.8) is 0 Å². The molecule has 1 fully saturated rings. The predicted molar refractivity (Wildman–Crippen MR) is 78.0 cm³/mol. The molecular formula is C12H18BrN5O. The van der Waals surface area contributed by atoms with Gasteiger partial charge in [0.15, 0.2) is 0 Å². The van der Waals surface area contributed by atoms with Gasteiger partial charge in [-0.2, -0.15) is 0 Å². The fourth-order valence-electron chi connectivity index (χ4n) is 1.93. The number of anilines is 1. The molecule has 0 saturated carbocycles. The summed E-state index contributed by atoms with van der Waals surface area (Å²) < 4.78 is 0.787. The molecule has 0 radical (unpaired) electrons. The number of hydrazine groups is 1. The van der Waals surface area contributed by atoms with Crippen LogP contribution in [0.15, 0.2) is 16.7 Å². The molecular weight excluding hydrogens is 310 g/mol. The second-order valence-electron chi connectivity index (χ2n) is 4.53. The lowest BCUT2D eigenvalue weighted by atomic mass is 10.2. The van der Waals surface area contributed by atoms with Crippen molar-refractivity contribution in [2.45, 2.75) is 0 Å².